The molecule has 6 nitrogen and oxygen atoms in total. The molecule has 1 aromatic heterocycles. The molecule has 0 spiro atoms. The molecular weight excluding hydrogens is 338 g/mol. The molecule has 7 heteroatoms. The maximum atomic E-state index is 12.6. The molecular formula is C18H19N3O3S. The van der Waals surface area contributed by atoms with Crippen molar-refractivity contribution in [3.8, 4) is 0 Å². The lowest BCUT2D eigenvalue weighted by Gasteiger charge is -2.11. The quantitative estimate of drug-likeness (QED) is 0.717. The van der Waals surface area contributed by atoms with Gasteiger partial charge in [0.2, 0.25) is 0 Å². The first kappa shape index (κ1) is 17.0. The van der Waals surface area contributed by atoms with Crippen LogP contribution in [-0.2, 0) is 10.0 Å². The number of nitrogens with one attached hydrogen (secondary N) is 2. The van der Waals surface area contributed by atoms with Crippen molar-refractivity contribution < 1.29 is 12.9 Å². The minimum Gasteiger partial charge on any atom is -0.360 e. The topological polar surface area (TPSA) is 84.2 Å². The maximum absolute atomic E-state index is 12.6. The van der Waals surface area contributed by atoms with Crippen LogP contribution in [0.2, 0.25) is 0 Å². The molecule has 0 saturated carbocycles. The van der Waals surface area contributed by atoms with Crippen LogP contribution in [0.25, 0.3) is 0 Å². The largest absolute Gasteiger partial charge is 0.360 e. The third-order valence-corrected chi connectivity index (χ3v) is 5.20. The van der Waals surface area contributed by atoms with E-state index in [1.165, 1.54) is 0 Å². The van der Waals surface area contributed by atoms with Crippen molar-refractivity contribution in [1.29, 1.82) is 0 Å². The molecule has 130 valence electrons. The zero-order valence-electron chi connectivity index (χ0n) is 14.2. The molecule has 0 amide bonds. The monoisotopic (exact) mass is 357 g/mol. The number of hydrogen-bond acceptors (Lipinski definition) is 5. The first-order valence-electron chi connectivity index (χ1n) is 7.74. The summed E-state index contributed by atoms with van der Waals surface area (Å²) in [7, 11) is -3.63. The highest BCUT2D eigenvalue weighted by Gasteiger charge is 2.16. The van der Waals surface area contributed by atoms with Gasteiger partial charge in [0.15, 0.2) is 5.82 Å². The van der Waals surface area contributed by atoms with Gasteiger partial charge in [-0.1, -0.05) is 22.9 Å². The van der Waals surface area contributed by atoms with E-state index in [2.05, 4.69) is 15.2 Å². The first-order valence-corrected chi connectivity index (χ1v) is 9.22. The number of aromatic nitrogens is 1. The van der Waals surface area contributed by atoms with Gasteiger partial charge in [-0.25, -0.2) is 8.42 Å². The Kier molecular flexibility index (Phi) is 4.50. The zero-order valence-corrected chi connectivity index (χ0v) is 15.0. The van der Waals surface area contributed by atoms with Crippen LogP contribution in [0.5, 0.6) is 0 Å². The molecule has 0 bridgehead atoms. The summed E-state index contributed by atoms with van der Waals surface area (Å²) in [6, 6.07) is 13.9. The highest BCUT2D eigenvalue weighted by molar-refractivity contribution is 7.92. The second kappa shape index (κ2) is 6.60. The smallest absolute Gasteiger partial charge is 0.262 e. The summed E-state index contributed by atoms with van der Waals surface area (Å²) in [5, 5.41) is 6.93. The molecule has 0 aliphatic carbocycles. The SMILES string of the molecule is Cc1ccc(S(=O)(=O)Nc2ccc(Nc3cc(C)on3)cc2)c(C)c1. The van der Waals surface area contributed by atoms with Crippen molar-refractivity contribution >= 4 is 27.2 Å². The number of benzene rings is 2. The van der Waals surface area contributed by atoms with Crippen molar-refractivity contribution in [3.63, 3.8) is 0 Å². The van der Waals surface area contributed by atoms with E-state index in [4.69, 9.17) is 4.52 Å². The fraction of sp³-hybridized carbons (Fsp3) is 0.167. The van der Waals surface area contributed by atoms with Crippen molar-refractivity contribution in [2.45, 2.75) is 25.7 Å². The van der Waals surface area contributed by atoms with Crippen LogP contribution in [0, 0.1) is 20.8 Å². The highest BCUT2D eigenvalue weighted by atomic mass is 32.2. The molecule has 3 aromatic rings. The van der Waals surface area contributed by atoms with E-state index < -0.39 is 10.0 Å². The lowest BCUT2D eigenvalue weighted by molar-refractivity contribution is 0.400. The fourth-order valence-electron chi connectivity index (χ4n) is 2.51. The van der Waals surface area contributed by atoms with Crippen LogP contribution in [0.3, 0.4) is 0 Å². The molecule has 3 rings (SSSR count). The molecule has 0 aliphatic heterocycles. The number of sulfonamides is 1. The Hall–Kier alpha value is -2.80. The van der Waals surface area contributed by atoms with Gasteiger partial charge in [-0.05, 0) is 56.7 Å². The standard InChI is InChI=1S/C18H19N3O3S/c1-12-4-9-17(13(2)10-12)25(22,23)21-16-7-5-15(6-8-16)19-18-11-14(3)24-20-18/h4-11,21H,1-3H3,(H,19,20). The molecule has 1 heterocycles. The average Bonchev–Trinajstić information content (AvgIpc) is 2.93. The van der Waals surface area contributed by atoms with Crippen molar-refractivity contribution in [3.05, 3.63) is 65.4 Å². The first-order chi connectivity index (χ1) is 11.8. The fourth-order valence-corrected chi connectivity index (χ4v) is 3.79. The van der Waals surface area contributed by atoms with Gasteiger partial charge in [-0.3, -0.25) is 4.72 Å². The summed E-state index contributed by atoms with van der Waals surface area (Å²) in [6.45, 7) is 5.52. The number of rotatable bonds is 5. The summed E-state index contributed by atoms with van der Waals surface area (Å²) in [5.74, 6) is 1.31. The number of hydrogen-bond donors (Lipinski definition) is 2. The molecule has 2 aromatic carbocycles. The predicted octanol–water partition coefficient (Wildman–Crippen LogP) is 4.14. The van der Waals surface area contributed by atoms with Gasteiger partial charge in [0.1, 0.15) is 5.76 Å². The molecule has 0 fully saturated rings. The minimum absolute atomic E-state index is 0.276. The lowest BCUT2D eigenvalue weighted by atomic mass is 10.2. The minimum atomic E-state index is -3.63. The summed E-state index contributed by atoms with van der Waals surface area (Å²) >= 11 is 0. The molecule has 0 radical (unpaired) electrons. The average molecular weight is 357 g/mol. The molecule has 0 aliphatic rings. The molecule has 2 N–H and O–H groups in total. The molecule has 0 atom stereocenters. The normalized spacial score (nSPS) is 11.3. The Morgan fingerprint density at radius 3 is 2.20 bits per heavy atom. The van der Waals surface area contributed by atoms with Crippen LogP contribution in [-0.4, -0.2) is 13.6 Å². The van der Waals surface area contributed by atoms with Gasteiger partial charge in [0.25, 0.3) is 10.0 Å². The van der Waals surface area contributed by atoms with Gasteiger partial charge in [0.05, 0.1) is 4.90 Å². The number of nitrogens with zero attached hydrogens (tertiary/aromatic N) is 1. The molecule has 0 unspecified atom stereocenters. The van der Waals surface area contributed by atoms with Crippen molar-refractivity contribution in [2.75, 3.05) is 10.0 Å². The van der Waals surface area contributed by atoms with Gasteiger partial charge >= 0.3 is 0 Å². The van der Waals surface area contributed by atoms with Crippen LogP contribution in [0.15, 0.2) is 57.9 Å². The van der Waals surface area contributed by atoms with E-state index >= 15 is 0 Å². The molecule has 25 heavy (non-hydrogen) atoms. The Labute approximate surface area is 146 Å². The van der Waals surface area contributed by atoms with Gasteiger partial charge in [-0.15, -0.1) is 0 Å². The van der Waals surface area contributed by atoms with E-state index in [1.807, 2.05) is 19.9 Å². The van der Waals surface area contributed by atoms with E-state index in [1.54, 1.807) is 49.4 Å². The second-order valence-electron chi connectivity index (χ2n) is 5.90. The third-order valence-electron chi connectivity index (χ3n) is 3.66. The van der Waals surface area contributed by atoms with E-state index in [9.17, 15) is 8.42 Å². The summed E-state index contributed by atoms with van der Waals surface area (Å²) in [4.78, 5) is 0.276. The number of anilines is 3. The Balaban J connectivity index is 1.76. The highest BCUT2D eigenvalue weighted by Crippen LogP contribution is 2.23. The van der Waals surface area contributed by atoms with Crippen LogP contribution < -0.4 is 10.0 Å². The predicted molar refractivity (Wildman–Crippen MR) is 97.7 cm³/mol. The Morgan fingerprint density at radius 2 is 1.60 bits per heavy atom. The van der Waals surface area contributed by atoms with Gasteiger partial charge in [-0.2, -0.15) is 0 Å². The van der Waals surface area contributed by atoms with Crippen LogP contribution in [0.4, 0.5) is 17.2 Å². The zero-order chi connectivity index (χ0) is 18.0. The van der Waals surface area contributed by atoms with Crippen molar-refractivity contribution in [1.82, 2.24) is 5.16 Å². The third kappa shape index (κ3) is 4.00. The van der Waals surface area contributed by atoms with Gasteiger partial charge < -0.3 is 9.84 Å². The Morgan fingerprint density at radius 1 is 0.920 bits per heavy atom. The second-order valence-corrected chi connectivity index (χ2v) is 7.55. The summed E-state index contributed by atoms with van der Waals surface area (Å²) in [5.41, 5.74) is 3.01. The number of aryl methyl sites for hydroxylation is 3. The lowest BCUT2D eigenvalue weighted by Crippen LogP contribution is -2.14. The van der Waals surface area contributed by atoms with Crippen LogP contribution >= 0.6 is 0 Å². The van der Waals surface area contributed by atoms with E-state index in [-0.39, 0.29) is 4.90 Å². The van der Waals surface area contributed by atoms with E-state index in [0.717, 1.165) is 11.3 Å². The van der Waals surface area contributed by atoms with Crippen LogP contribution in [0.1, 0.15) is 16.9 Å². The van der Waals surface area contributed by atoms with Gasteiger partial charge in [0, 0.05) is 17.4 Å². The maximum Gasteiger partial charge on any atom is 0.262 e. The molecule has 0 saturated heterocycles. The van der Waals surface area contributed by atoms with Crippen molar-refractivity contribution in [2.24, 2.45) is 0 Å². The summed E-state index contributed by atoms with van der Waals surface area (Å²) < 4.78 is 32.7. The summed E-state index contributed by atoms with van der Waals surface area (Å²) in [6.07, 6.45) is 0. The van der Waals surface area contributed by atoms with E-state index in [0.29, 0.717) is 22.8 Å². The Bertz CT molecular complexity index is 993.